The maximum atomic E-state index is 12.1. The van der Waals surface area contributed by atoms with Crippen LogP contribution in [0.5, 0.6) is 5.75 Å². The molecule has 2 amide bonds. The third kappa shape index (κ3) is 6.07. The molecule has 0 bridgehead atoms. The summed E-state index contributed by atoms with van der Waals surface area (Å²) in [5, 5.41) is 5.44. The summed E-state index contributed by atoms with van der Waals surface area (Å²) in [4.78, 5) is 37.2. The molecule has 1 aromatic rings. The Morgan fingerprint density at radius 3 is 2.80 bits per heavy atom. The zero-order valence-electron chi connectivity index (χ0n) is 14.2. The highest BCUT2D eigenvalue weighted by atomic mass is 16.5. The molecule has 1 aliphatic heterocycles. The number of methoxy groups -OCH3 is 1. The van der Waals surface area contributed by atoms with Crippen LogP contribution in [-0.2, 0) is 19.1 Å². The third-order valence-electron chi connectivity index (χ3n) is 3.81. The second-order valence-corrected chi connectivity index (χ2v) is 5.57. The molecule has 1 heterocycles. The van der Waals surface area contributed by atoms with Gasteiger partial charge in [0.2, 0.25) is 11.8 Å². The van der Waals surface area contributed by atoms with Gasteiger partial charge in [0.1, 0.15) is 18.4 Å². The van der Waals surface area contributed by atoms with E-state index in [0.717, 1.165) is 5.75 Å². The number of ether oxygens (including phenoxy) is 2. The summed E-state index contributed by atoms with van der Waals surface area (Å²) in [6.45, 7) is 1.69. The first-order chi connectivity index (χ1) is 12.1. The molecule has 1 saturated heterocycles. The summed E-state index contributed by atoms with van der Waals surface area (Å²) in [6, 6.07) is 8.63. The van der Waals surface area contributed by atoms with Crippen LogP contribution in [0.15, 0.2) is 30.3 Å². The number of carbonyl (C=O) groups is 3. The second-order valence-electron chi connectivity index (χ2n) is 5.57. The van der Waals surface area contributed by atoms with Crippen molar-refractivity contribution in [1.82, 2.24) is 15.5 Å². The fraction of sp³-hybridized carbons (Fsp3) is 0.471. The highest BCUT2D eigenvalue weighted by Crippen LogP contribution is 2.10. The molecule has 1 fully saturated rings. The number of nitrogens with zero attached hydrogens (tertiary/aromatic N) is 1. The van der Waals surface area contributed by atoms with Gasteiger partial charge in [-0.15, -0.1) is 0 Å². The van der Waals surface area contributed by atoms with E-state index in [-0.39, 0.29) is 24.8 Å². The van der Waals surface area contributed by atoms with E-state index in [4.69, 9.17) is 4.74 Å². The zero-order chi connectivity index (χ0) is 18.1. The predicted molar refractivity (Wildman–Crippen MR) is 90.0 cm³/mol. The SMILES string of the molecule is COC(=O)CC1C(=O)NCCN1CC(=O)NCCOc1ccccc1. The number of amides is 2. The van der Waals surface area contributed by atoms with Crippen molar-refractivity contribution in [2.75, 3.05) is 39.9 Å². The minimum absolute atomic E-state index is 0.0421. The number of esters is 1. The number of hydrogen-bond donors (Lipinski definition) is 2. The zero-order valence-corrected chi connectivity index (χ0v) is 14.2. The van der Waals surface area contributed by atoms with E-state index < -0.39 is 12.0 Å². The standard InChI is InChI=1S/C17H23N3O5/c1-24-16(22)11-14-17(23)19-7-9-20(14)12-15(21)18-8-10-25-13-5-3-2-4-6-13/h2-6,14H,7-12H2,1H3,(H,18,21)(H,19,23). The number of rotatable bonds is 8. The van der Waals surface area contributed by atoms with Gasteiger partial charge in [-0.2, -0.15) is 0 Å². The van der Waals surface area contributed by atoms with E-state index in [1.165, 1.54) is 7.11 Å². The first-order valence-electron chi connectivity index (χ1n) is 8.13. The Morgan fingerprint density at radius 2 is 2.08 bits per heavy atom. The summed E-state index contributed by atoms with van der Waals surface area (Å²) in [7, 11) is 1.27. The molecule has 25 heavy (non-hydrogen) atoms. The van der Waals surface area contributed by atoms with Gasteiger partial charge >= 0.3 is 5.97 Å². The van der Waals surface area contributed by atoms with E-state index >= 15 is 0 Å². The quantitative estimate of drug-likeness (QED) is 0.487. The molecule has 2 rings (SSSR count). The van der Waals surface area contributed by atoms with Gasteiger partial charge in [-0.3, -0.25) is 19.3 Å². The van der Waals surface area contributed by atoms with Crippen LogP contribution < -0.4 is 15.4 Å². The van der Waals surface area contributed by atoms with Crippen LogP contribution in [0.3, 0.4) is 0 Å². The monoisotopic (exact) mass is 349 g/mol. The van der Waals surface area contributed by atoms with Gasteiger partial charge < -0.3 is 20.1 Å². The van der Waals surface area contributed by atoms with Crippen LogP contribution >= 0.6 is 0 Å². The molecule has 0 radical (unpaired) electrons. The topological polar surface area (TPSA) is 97.0 Å². The van der Waals surface area contributed by atoms with Crippen LogP contribution in [-0.4, -0.2) is 68.6 Å². The number of benzene rings is 1. The van der Waals surface area contributed by atoms with Crippen LogP contribution in [0, 0.1) is 0 Å². The number of piperazine rings is 1. The molecule has 136 valence electrons. The Morgan fingerprint density at radius 1 is 1.32 bits per heavy atom. The second kappa shape index (κ2) is 9.63. The van der Waals surface area contributed by atoms with E-state index in [0.29, 0.717) is 26.2 Å². The van der Waals surface area contributed by atoms with Crippen molar-refractivity contribution in [3.8, 4) is 5.75 Å². The molecule has 1 unspecified atom stereocenters. The first-order valence-corrected chi connectivity index (χ1v) is 8.13. The van der Waals surface area contributed by atoms with E-state index in [1.807, 2.05) is 30.3 Å². The molecule has 0 aliphatic carbocycles. The Kier molecular flexibility index (Phi) is 7.21. The van der Waals surface area contributed by atoms with Crippen molar-refractivity contribution >= 4 is 17.8 Å². The summed E-state index contributed by atoms with van der Waals surface area (Å²) >= 11 is 0. The average Bonchev–Trinajstić information content (AvgIpc) is 2.62. The summed E-state index contributed by atoms with van der Waals surface area (Å²) in [6.07, 6.45) is -0.0767. The lowest BCUT2D eigenvalue weighted by molar-refractivity contribution is -0.146. The van der Waals surface area contributed by atoms with Crippen LogP contribution in [0.4, 0.5) is 0 Å². The van der Waals surface area contributed by atoms with Gasteiger partial charge in [0.15, 0.2) is 0 Å². The highest BCUT2D eigenvalue weighted by molar-refractivity contribution is 5.88. The Hall–Kier alpha value is -2.61. The lowest BCUT2D eigenvalue weighted by Crippen LogP contribution is -2.58. The third-order valence-corrected chi connectivity index (χ3v) is 3.81. The Balaban J connectivity index is 1.75. The first kappa shape index (κ1) is 18.7. The van der Waals surface area contributed by atoms with E-state index in [1.54, 1.807) is 4.90 Å². The Bertz CT molecular complexity index is 593. The summed E-state index contributed by atoms with van der Waals surface area (Å²) in [5.74, 6) is -0.232. The fourth-order valence-corrected chi connectivity index (χ4v) is 2.53. The molecule has 0 saturated carbocycles. The predicted octanol–water partition coefficient (Wildman–Crippen LogP) is -0.455. The minimum atomic E-state index is -0.687. The normalized spacial score (nSPS) is 17.5. The maximum absolute atomic E-state index is 12.1. The molecule has 1 atom stereocenters. The fourth-order valence-electron chi connectivity index (χ4n) is 2.53. The molecule has 1 aromatic carbocycles. The largest absolute Gasteiger partial charge is 0.492 e. The van der Waals surface area contributed by atoms with Crippen LogP contribution in [0.25, 0.3) is 0 Å². The minimum Gasteiger partial charge on any atom is -0.492 e. The van der Waals surface area contributed by atoms with Crippen molar-refractivity contribution in [2.45, 2.75) is 12.5 Å². The van der Waals surface area contributed by atoms with Crippen molar-refractivity contribution in [1.29, 1.82) is 0 Å². The Labute approximate surface area is 146 Å². The van der Waals surface area contributed by atoms with Crippen molar-refractivity contribution in [2.24, 2.45) is 0 Å². The van der Waals surface area contributed by atoms with Crippen LogP contribution in [0.2, 0.25) is 0 Å². The molecule has 1 aliphatic rings. The summed E-state index contributed by atoms with van der Waals surface area (Å²) in [5.41, 5.74) is 0. The van der Waals surface area contributed by atoms with Crippen molar-refractivity contribution in [3.05, 3.63) is 30.3 Å². The van der Waals surface area contributed by atoms with Gasteiger partial charge in [-0.25, -0.2) is 0 Å². The van der Waals surface area contributed by atoms with Crippen LogP contribution in [0.1, 0.15) is 6.42 Å². The highest BCUT2D eigenvalue weighted by Gasteiger charge is 2.32. The smallest absolute Gasteiger partial charge is 0.307 e. The van der Waals surface area contributed by atoms with E-state index in [2.05, 4.69) is 15.4 Å². The molecule has 0 aromatic heterocycles. The average molecular weight is 349 g/mol. The van der Waals surface area contributed by atoms with Gasteiger partial charge in [-0.1, -0.05) is 18.2 Å². The van der Waals surface area contributed by atoms with Crippen molar-refractivity contribution in [3.63, 3.8) is 0 Å². The van der Waals surface area contributed by atoms with E-state index in [9.17, 15) is 14.4 Å². The number of hydrogen-bond acceptors (Lipinski definition) is 6. The summed E-state index contributed by atoms with van der Waals surface area (Å²) < 4.78 is 10.1. The lowest BCUT2D eigenvalue weighted by atomic mass is 10.1. The van der Waals surface area contributed by atoms with Gasteiger partial charge in [0.25, 0.3) is 0 Å². The molecular weight excluding hydrogens is 326 g/mol. The van der Waals surface area contributed by atoms with Gasteiger partial charge in [-0.05, 0) is 12.1 Å². The van der Waals surface area contributed by atoms with Gasteiger partial charge in [0, 0.05) is 13.1 Å². The number of nitrogens with one attached hydrogen (secondary N) is 2. The van der Waals surface area contributed by atoms with Crippen molar-refractivity contribution < 1.29 is 23.9 Å². The van der Waals surface area contributed by atoms with Gasteiger partial charge in [0.05, 0.1) is 26.6 Å². The number of carbonyl (C=O) groups excluding carboxylic acids is 3. The molecule has 0 spiro atoms. The maximum Gasteiger partial charge on any atom is 0.307 e. The molecule has 8 nitrogen and oxygen atoms in total. The molecule has 2 N–H and O–H groups in total. The molecule has 8 heteroatoms. The number of para-hydroxylation sites is 1. The lowest BCUT2D eigenvalue weighted by Gasteiger charge is -2.33. The molecular formula is C17H23N3O5.